The fourth-order valence-corrected chi connectivity index (χ4v) is 3.54. The number of hydrogen-bond acceptors (Lipinski definition) is 4. The Kier molecular flexibility index (Phi) is 8.13. The Morgan fingerprint density at radius 3 is 2.50 bits per heavy atom. The van der Waals surface area contributed by atoms with Crippen LogP contribution in [0.3, 0.4) is 0 Å². The maximum absolute atomic E-state index is 12.4. The minimum absolute atomic E-state index is 0.113. The second-order valence-electron chi connectivity index (χ2n) is 5.83. The van der Waals surface area contributed by atoms with Crippen molar-refractivity contribution < 1.29 is 14.3 Å². The molecule has 2 aromatic rings. The van der Waals surface area contributed by atoms with Crippen LogP contribution in [0.25, 0.3) is 0 Å². The van der Waals surface area contributed by atoms with Crippen LogP contribution >= 0.6 is 23.4 Å². The van der Waals surface area contributed by atoms with Crippen LogP contribution in [0, 0.1) is 0 Å². The Hall–Kier alpha value is -1.85. The van der Waals surface area contributed by atoms with Crippen molar-refractivity contribution in [3.63, 3.8) is 0 Å². The van der Waals surface area contributed by atoms with E-state index in [4.69, 9.17) is 21.1 Å². The monoisotopic (exact) mass is 393 g/mol. The Morgan fingerprint density at radius 2 is 1.85 bits per heavy atom. The van der Waals surface area contributed by atoms with Crippen LogP contribution < -0.4 is 9.47 Å². The maximum atomic E-state index is 12.4. The lowest BCUT2D eigenvalue weighted by molar-refractivity contribution is -0.130. The summed E-state index contributed by atoms with van der Waals surface area (Å²) in [6, 6.07) is 13.4. The molecule has 0 atom stereocenters. The molecule has 0 aliphatic heterocycles. The number of halogens is 1. The average molecular weight is 394 g/mol. The van der Waals surface area contributed by atoms with Crippen LogP contribution in [0.15, 0.2) is 47.4 Å². The van der Waals surface area contributed by atoms with Gasteiger partial charge < -0.3 is 14.4 Å². The van der Waals surface area contributed by atoms with Crippen molar-refractivity contribution in [1.82, 2.24) is 4.90 Å². The molecule has 1 amide bonds. The number of hydrogen-bond donors (Lipinski definition) is 0. The van der Waals surface area contributed by atoms with Gasteiger partial charge in [-0.3, -0.25) is 4.79 Å². The number of carbonyl (C=O) groups excluding carboxylic acids is 1. The van der Waals surface area contributed by atoms with E-state index in [2.05, 4.69) is 0 Å². The largest absolute Gasteiger partial charge is 0.497 e. The molecule has 6 heteroatoms. The number of nitrogens with zero attached hydrogens (tertiary/aromatic N) is 1. The van der Waals surface area contributed by atoms with Gasteiger partial charge in [0.1, 0.15) is 11.5 Å². The summed E-state index contributed by atoms with van der Waals surface area (Å²) in [5, 5.41) is 0.637. The van der Waals surface area contributed by atoms with Crippen LogP contribution in [-0.2, 0) is 11.3 Å². The molecule has 0 aliphatic rings. The second-order valence-corrected chi connectivity index (χ2v) is 7.44. The summed E-state index contributed by atoms with van der Waals surface area (Å²) in [7, 11) is 5.08. The number of rotatable bonds is 9. The minimum atomic E-state index is 0.113. The van der Waals surface area contributed by atoms with E-state index in [0.29, 0.717) is 18.0 Å². The second kappa shape index (κ2) is 10.3. The Labute approximate surface area is 164 Å². The van der Waals surface area contributed by atoms with Crippen molar-refractivity contribution in [1.29, 1.82) is 0 Å². The summed E-state index contributed by atoms with van der Waals surface area (Å²) in [4.78, 5) is 15.2. The van der Waals surface area contributed by atoms with E-state index >= 15 is 0 Å². The third-order valence-electron chi connectivity index (χ3n) is 3.94. The lowest BCUT2D eigenvalue weighted by atomic mass is 10.2. The molecular formula is C20H24ClNO3S. The molecule has 0 aromatic heterocycles. The van der Waals surface area contributed by atoms with Crippen LogP contribution in [-0.4, -0.2) is 37.8 Å². The van der Waals surface area contributed by atoms with E-state index in [9.17, 15) is 4.79 Å². The number of thioether (sulfide) groups is 1. The van der Waals surface area contributed by atoms with Crippen molar-refractivity contribution in [3.05, 3.63) is 53.1 Å². The molecule has 0 N–H and O–H groups in total. The molecule has 4 nitrogen and oxygen atoms in total. The van der Waals surface area contributed by atoms with Gasteiger partial charge in [-0.1, -0.05) is 11.6 Å². The van der Waals surface area contributed by atoms with Gasteiger partial charge in [-0.05, 0) is 54.6 Å². The predicted octanol–water partition coefficient (Wildman–Crippen LogP) is 4.89. The number of carbonyl (C=O) groups is 1. The number of ether oxygens (including phenoxy) is 2. The molecular weight excluding hydrogens is 370 g/mol. The molecule has 2 aromatic carbocycles. The molecule has 0 saturated carbocycles. The zero-order chi connectivity index (χ0) is 18.9. The molecule has 0 radical (unpaired) electrons. The van der Waals surface area contributed by atoms with E-state index in [0.717, 1.165) is 29.2 Å². The van der Waals surface area contributed by atoms with Crippen molar-refractivity contribution in [3.8, 4) is 11.5 Å². The summed E-state index contributed by atoms with van der Waals surface area (Å²) in [6.45, 7) is 0.480. The molecule has 26 heavy (non-hydrogen) atoms. The third-order valence-corrected chi connectivity index (χ3v) is 5.27. The molecule has 0 saturated heterocycles. The van der Waals surface area contributed by atoms with E-state index < -0.39 is 0 Å². The first-order valence-electron chi connectivity index (χ1n) is 8.36. The highest BCUT2D eigenvalue weighted by Crippen LogP contribution is 2.25. The standard InChI is InChI=1S/C20H24ClNO3S/c1-22(14-15-13-16(21)6-11-19(15)25-3)20(23)5-4-12-26-18-9-7-17(24-2)8-10-18/h6-11,13H,4-5,12,14H2,1-3H3. The lowest BCUT2D eigenvalue weighted by Crippen LogP contribution is -2.26. The predicted molar refractivity (Wildman–Crippen MR) is 107 cm³/mol. The Balaban J connectivity index is 1.77. The molecule has 2 rings (SSSR count). The Morgan fingerprint density at radius 1 is 1.12 bits per heavy atom. The van der Waals surface area contributed by atoms with Gasteiger partial charge in [0.15, 0.2) is 0 Å². The minimum Gasteiger partial charge on any atom is -0.497 e. The smallest absolute Gasteiger partial charge is 0.222 e. The highest BCUT2D eigenvalue weighted by Gasteiger charge is 2.12. The van der Waals surface area contributed by atoms with Gasteiger partial charge in [-0.15, -0.1) is 11.8 Å². The van der Waals surface area contributed by atoms with Gasteiger partial charge in [0.2, 0.25) is 5.91 Å². The molecule has 0 spiro atoms. The molecule has 140 valence electrons. The van der Waals surface area contributed by atoms with Crippen molar-refractivity contribution >= 4 is 29.3 Å². The fraction of sp³-hybridized carbons (Fsp3) is 0.350. The van der Waals surface area contributed by atoms with E-state index in [-0.39, 0.29) is 5.91 Å². The molecule has 0 heterocycles. The molecule has 0 bridgehead atoms. The van der Waals surface area contributed by atoms with Crippen molar-refractivity contribution in [2.24, 2.45) is 0 Å². The maximum Gasteiger partial charge on any atom is 0.222 e. The molecule has 0 aliphatic carbocycles. The third kappa shape index (κ3) is 6.15. The summed E-state index contributed by atoms with van der Waals surface area (Å²) < 4.78 is 10.5. The zero-order valence-corrected chi connectivity index (χ0v) is 16.9. The lowest BCUT2D eigenvalue weighted by Gasteiger charge is -2.19. The van der Waals surface area contributed by atoms with Crippen molar-refractivity contribution in [2.75, 3.05) is 27.0 Å². The Bertz CT molecular complexity index is 721. The van der Waals surface area contributed by atoms with Crippen LogP contribution in [0.2, 0.25) is 5.02 Å². The van der Waals surface area contributed by atoms with Gasteiger partial charge in [0.05, 0.1) is 14.2 Å². The summed E-state index contributed by atoms with van der Waals surface area (Å²) in [5.74, 6) is 2.60. The van der Waals surface area contributed by atoms with Crippen LogP contribution in [0.1, 0.15) is 18.4 Å². The normalized spacial score (nSPS) is 10.5. The fourth-order valence-electron chi connectivity index (χ4n) is 2.49. The average Bonchev–Trinajstić information content (AvgIpc) is 2.65. The SMILES string of the molecule is COc1ccc(SCCCC(=O)N(C)Cc2cc(Cl)ccc2OC)cc1. The van der Waals surface area contributed by atoms with Gasteiger partial charge in [0.25, 0.3) is 0 Å². The first-order valence-corrected chi connectivity index (χ1v) is 9.73. The number of amides is 1. The van der Waals surface area contributed by atoms with Gasteiger partial charge in [-0.2, -0.15) is 0 Å². The van der Waals surface area contributed by atoms with E-state index in [1.807, 2.05) is 36.4 Å². The summed E-state index contributed by atoms with van der Waals surface area (Å²) in [5.41, 5.74) is 0.906. The zero-order valence-electron chi connectivity index (χ0n) is 15.3. The first kappa shape index (κ1) is 20.5. The van der Waals surface area contributed by atoms with Gasteiger partial charge in [-0.25, -0.2) is 0 Å². The van der Waals surface area contributed by atoms with Gasteiger partial charge >= 0.3 is 0 Å². The summed E-state index contributed by atoms with van der Waals surface area (Å²) >= 11 is 7.79. The highest BCUT2D eigenvalue weighted by atomic mass is 35.5. The number of benzene rings is 2. The molecule has 0 fully saturated rings. The quantitative estimate of drug-likeness (QED) is 0.449. The van der Waals surface area contributed by atoms with E-state index in [1.165, 1.54) is 4.90 Å². The van der Waals surface area contributed by atoms with Crippen LogP contribution in [0.5, 0.6) is 11.5 Å². The number of methoxy groups -OCH3 is 2. The highest BCUT2D eigenvalue weighted by molar-refractivity contribution is 7.99. The molecule has 0 unspecified atom stereocenters. The summed E-state index contributed by atoms with van der Waals surface area (Å²) in [6.07, 6.45) is 1.34. The first-order chi connectivity index (χ1) is 12.5. The van der Waals surface area contributed by atoms with E-state index in [1.54, 1.807) is 44.0 Å². The van der Waals surface area contributed by atoms with Gasteiger partial charge in [0, 0.05) is 35.5 Å². The topological polar surface area (TPSA) is 38.8 Å². The van der Waals surface area contributed by atoms with Crippen LogP contribution in [0.4, 0.5) is 0 Å². The van der Waals surface area contributed by atoms with Crippen molar-refractivity contribution in [2.45, 2.75) is 24.3 Å².